The van der Waals surface area contributed by atoms with Gasteiger partial charge in [-0.1, -0.05) is 55.6 Å². The highest BCUT2D eigenvalue weighted by molar-refractivity contribution is 8.04. The van der Waals surface area contributed by atoms with Crippen LogP contribution in [0.3, 0.4) is 0 Å². The molecule has 1 aromatic rings. The summed E-state index contributed by atoms with van der Waals surface area (Å²) in [5.41, 5.74) is 5.32. The van der Waals surface area contributed by atoms with Gasteiger partial charge in [0.05, 0.1) is 5.69 Å². The number of nitrogens with one attached hydrogen (secondary N) is 1. The molecule has 0 aromatic carbocycles. The number of rotatable bonds is 10. The summed E-state index contributed by atoms with van der Waals surface area (Å²) in [5, 5.41) is 9.71. The molecule has 0 saturated heterocycles. The maximum Gasteiger partial charge on any atom is 0.196 e. The highest BCUT2D eigenvalue weighted by Gasteiger charge is 2.32. The predicted molar refractivity (Wildman–Crippen MR) is 100 cm³/mol. The SMILES string of the molecule is CCc1n[nH]c(CC)c1CCCCCCOC1(Cl)CC(C)=CS1. The number of ether oxygens (including phenoxy) is 1. The lowest BCUT2D eigenvalue weighted by molar-refractivity contribution is 0.0827. The van der Waals surface area contributed by atoms with Crippen molar-refractivity contribution in [2.45, 2.75) is 76.5 Å². The first kappa shape index (κ1) is 18.9. The fourth-order valence-electron chi connectivity index (χ4n) is 3.00. The molecular formula is C18H29ClN2OS. The highest BCUT2D eigenvalue weighted by atomic mass is 35.5. The fraction of sp³-hybridized carbons (Fsp3) is 0.722. The largest absolute Gasteiger partial charge is 0.350 e. The summed E-state index contributed by atoms with van der Waals surface area (Å²) in [6, 6.07) is 0. The number of aromatic amines is 1. The molecule has 1 atom stereocenters. The summed E-state index contributed by atoms with van der Waals surface area (Å²) >= 11 is 8.02. The zero-order valence-electron chi connectivity index (χ0n) is 14.6. The van der Waals surface area contributed by atoms with Gasteiger partial charge in [0.2, 0.25) is 0 Å². The molecule has 1 aliphatic rings. The van der Waals surface area contributed by atoms with E-state index in [0.717, 1.165) is 38.7 Å². The van der Waals surface area contributed by atoms with Crippen LogP contribution in [0.1, 0.15) is 69.8 Å². The van der Waals surface area contributed by atoms with Crippen molar-refractivity contribution in [1.29, 1.82) is 0 Å². The van der Waals surface area contributed by atoms with Crippen LogP contribution in [-0.4, -0.2) is 21.2 Å². The van der Waals surface area contributed by atoms with Gasteiger partial charge in [-0.2, -0.15) is 5.10 Å². The van der Waals surface area contributed by atoms with Crippen LogP contribution in [0, 0.1) is 0 Å². The van der Waals surface area contributed by atoms with Crippen LogP contribution < -0.4 is 0 Å². The molecule has 0 amide bonds. The Kier molecular flexibility index (Phi) is 7.51. The zero-order valence-corrected chi connectivity index (χ0v) is 16.2. The number of unbranched alkanes of at least 4 members (excludes halogenated alkanes) is 3. The number of aromatic nitrogens is 2. The molecule has 1 aliphatic heterocycles. The topological polar surface area (TPSA) is 37.9 Å². The minimum Gasteiger partial charge on any atom is -0.350 e. The quantitative estimate of drug-likeness (QED) is 0.438. The van der Waals surface area contributed by atoms with E-state index in [-0.39, 0.29) is 0 Å². The first-order valence-electron chi connectivity index (χ1n) is 8.79. The number of hydrogen-bond donors (Lipinski definition) is 1. The zero-order chi connectivity index (χ0) is 16.7. The Bertz CT molecular complexity index is 508. The van der Waals surface area contributed by atoms with Crippen molar-refractivity contribution in [2.75, 3.05) is 6.61 Å². The molecule has 1 aromatic heterocycles. The van der Waals surface area contributed by atoms with E-state index in [1.54, 1.807) is 11.8 Å². The summed E-state index contributed by atoms with van der Waals surface area (Å²) in [4.78, 5) is 0. The molecule has 1 unspecified atom stereocenters. The van der Waals surface area contributed by atoms with E-state index >= 15 is 0 Å². The van der Waals surface area contributed by atoms with Crippen molar-refractivity contribution in [1.82, 2.24) is 10.2 Å². The molecule has 1 N–H and O–H groups in total. The standard InChI is InChI=1S/C18H29ClN2OS/c1-4-16-15(17(5-2)21-20-16)10-8-6-7-9-11-22-18(19)12-14(3)13-23-18/h13H,4-12H2,1-3H3,(H,20,21). The molecule has 2 heterocycles. The molecule has 0 aliphatic carbocycles. The molecule has 0 radical (unpaired) electrons. The van der Waals surface area contributed by atoms with Crippen LogP contribution in [-0.2, 0) is 24.0 Å². The van der Waals surface area contributed by atoms with Gasteiger partial charge < -0.3 is 4.74 Å². The third-order valence-corrected chi connectivity index (χ3v) is 5.94. The molecule has 130 valence electrons. The lowest BCUT2D eigenvalue weighted by Crippen LogP contribution is -2.18. The first-order chi connectivity index (χ1) is 11.1. The number of H-pyrrole nitrogens is 1. The number of halogens is 1. The van der Waals surface area contributed by atoms with Gasteiger partial charge in [-0.15, -0.1) is 0 Å². The fourth-order valence-corrected chi connectivity index (χ4v) is 4.34. The van der Waals surface area contributed by atoms with Crippen molar-refractivity contribution < 1.29 is 4.74 Å². The highest BCUT2D eigenvalue weighted by Crippen LogP contribution is 2.44. The van der Waals surface area contributed by atoms with Crippen molar-refractivity contribution in [3.05, 3.63) is 27.9 Å². The molecule has 3 nitrogen and oxygen atoms in total. The molecule has 2 rings (SSSR count). The number of alkyl halides is 1. The summed E-state index contributed by atoms with van der Waals surface area (Å²) < 4.78 is 5.31. The second-order valence-electron chi connectivity index (χ2n) is 6.27. The Morgan fingerprint density at radius 1 is 1.26 bits per heavy atom. The van der Waals surface area contributed by atoms with Gasteiger partial charge in [-0.3, -0.25) is 5.10 Å². The van der Waals surface area contributed by atoms with Crippen LogP contribution in [0.15, 0.2) is 11.0 Å². The van der Waals surface area contributed by atoms with E-state index in [2.05, 4.69) is 36.4 Å². The predicted octanol–water partition coefficient (Wildman–Crippen LogP) is 5.59. The van der Waals surface area contributed by atoms with E-state index in [0.29, 0.717) is 0 Å². The monoisotopic (exact) mass is 356 g/mol. The Hall–Kier alpha value is -0.450. The van der Waals surface area contributed by atoms with Crippen LogP contribution in [0.2, 0.25) is 0 Å². The van der Waals surface area contributed by atoms with Crippen molar-refractivity contribution >= 4 is 23.4 Å². The number of nitrogens with zero attached hydrogens (tertiary/aromatic N) is 1. The van der Waals surface area contributed by atoms with Crippen LogP contribution in [0.25, 0.3) is 0 Å². The Labute approximate surface area is 149 Å². The average Bonchev–Trinajstić information content (AvgIpc) is 3.09. The molecule has 0 fully saturated rings. The molecule has 0 bridgehead atoms. The average molecular weight is 357 g/mol. The molecular weight excluding hydrogens is 328 g/mol. The van der Waals surface area contributed by atoms with Gasteiger partial charge in [0.15, 0.2) is 4.39 Å². The van der Waals surface area contributed by atoms with Gasteiger partial charge in [0.1, 0.15) is 0 Å². The Morgan fingerprint density at radius 3 is 2.70 bits per heavy atom. The van der Waals surface area contributed by atoms with Gasteiger partial charge in [0, 0.05) is 18.7 Å². The lowest BCUT2D eigenvalue weighted by atomic mass is 10.0. The van der Waals surface area contributed by atoms with Gasteiger partial charge >= 0.3 is 0 Å². The van der Waals surface area contributed by atoms with E-state index in [4.69, 9.17) is 16.3 Å². The first-order valence-corrected chi connectivity index (χ1v) is 10.0. The Balaban J connectivity index is 1.59. The van der Waals surface area contributed by atoms with Gasteiger partial charge in [-0.05, 0) is 50.0 Å². The minimum absolute atomic E-state index is 0.535. The molecule has 0 saturated carbocycles. The maximum atomic E-state index is 6.42. The third kappa shape index (κ3) is 5.54. The van der Waals surface area contributed by atoms with Crippen LogP contribution >= 0.6 is 23.4 Å². The van der Waals surface area contributed by atoms with Gasteiger partial charge in [0.25, 0.3) is 0 Å². The molecule has 23 heavy (non-hydrogen) atoms. The minimum atomic E-state index is -0.535. The van der Waals surface area contributed by atoms with Crippen molar-refractivity contribution in [3.8, 4) is 0 Å². The van der Waals surface area contributed by atoms with Crippen molar-refractivity contribution in [2.24, 2.45) is 0 Å². The number of thioether (sulfide) groups is 1. The summed E-state index contributed by atoms with van der Waals surface area (Å²) in [7, 11) is 0. The van der Waals surface area contributed by atoms with E-state index in [1.165, 1.54) is 41.8 Å². The second-order valence-corrected chi connectivity index (χ2v) is 8.23. The maximum absolute atomic E-state index is 6.42. The number of aryl methyl sites for hydroxylation is 2. The van der Waals surface area contributed by atoms with E-state index in [1.807, 2.05) is 0 Å². The van der Waals surface area contributed by atoms with E-state index in [9.17, 15) is 0 Å². The van der Waals surface area contributed by atoms with E-state index < -0.39 is 4.39 Å². The smallest absolute Gasteiger partial charge is 0.196 e. The summed E-state index contributed by atoms with van der Waals surface area (Å²) in [6.45, 7) is 7.22. The normalized spacial score (nSPS) is 21.0. The lowest BCUT2D eigenvalue weighted by Gasteiger charge is -2.20. The number of hydrogen-bond acceptors (Lipinski definition) is 3. The summed E-state index contributed by atoms with van der Waals surface area (Å²) in [6.07, 6.45) is 8.77. The van der Waals surface area contributed by atoms with Crippen molar-refractivity contribution in [3.63, 3.8) is 0 Å². The van der Waals surface area contributed by atoms with Crippen LogP contribution in [0.5, 0.6) is 0 Å². The Morgan fingerprint density at radius 2 is 2.04 bits per heavy atom. The van der Waals surface area contributed by atoms with Gasteiger partial charge in [-0.25, -0.2) is 0 Å². The second kappa shape index (κ2) is 9.14. The molecule has 0 spiro atoms. The third-order valence-electron chi connectivity index (χ3n) is 4.29. The molecule has 5 heteroatoms. The summed E-state index contributed by atoms with van der Waals surface area (Å²) in [5.74, 6) is 0. The van der Waals surface area contributed by atoms with Crippen LogP contribution in [0.4, 0.5) is 0 Å².